The molecule has 0 aliphatic carbocycles. The average Bonchev–Trinajstić information content (AvgIpc) is 2.36. The number of rotatable bonds is 6. The molecule has 0 aromatic carbocycles. The van der Waals surface area contributed by atoms with Crippen molar-refractivity contribution in [3.63, 3.8) is 0 Å². The number of aromatic nitrogens is 1. The van der Waals surface area contributed by atoms with E-state index >= 15 is 0 Å². The topological polar surface area (TPSA) is 79.7 Å². The van der Waals surface area contributed by atoms with Crippen LogP contribution in [0.3, 0.4) is 0 Å². The summed E-state index contributed by atoms with van der Waals surface area (Å²) in [5, 5.41) is 8.85. The number of hydrogen-bond acceptors (Lipinski definition) is 5. The third-order valence-electron chi connectivity index (χ3n) is 2.59. The Morgan fingerprint density at radius 3 is 2.43 bits per heavy atom. The number of methoxy groups -OCH3 is 1. The Morgan fingerprint density at radius 1 is 1.38 bits per heavy atom. The molecule has 120 valence electrons. The van der Waals surface area contributed by atoms with E-state index in [0.717, 1.165) is 29.8 Å². The van der Waals surface area contributed by atoms with Crippen LogP contribution < -0.4 is 4.74 Å². The minimum atomic E-state index is -4.62. The third-order valence-corrected chi connectivity index (χ3v) is 3.84. The van der Waals surface area contributed by atoms with Crippen molar-refractivity contribution in [2.45, 2.75) is 12.7 Å². The van der Waals surface area contributed by atoms with Gasteiger partial charge in [0.1, 0.15) is 5.69 Å². The molecule has 0 unspecified atom stereocenters. The Morgan fingerprint density at radius 2 is 2.00 bits per heavy atom. The van der Waals surface area contributed by atoms with Gasteiger partial charge in [-0.1, -0.05) is 6.07 Å². The van der Waals surface area contributed by atoms with Crippen LogP contribution in [0.2, 0.25) is 0 Å². The molecule has 0 bridgehead atoms. The average molecular weight is 328 g/mol. The number of pyridine rings is 1. The van der Waals surface area contributed by atoms with Crippen molar-refractivity contribution in [2.24, 2.45) is 0 Å². The van der Waals surface area contributed by atoms with E-state index in [2.05, 4.69) is 4.98 Å². The molecule has 0 fully saturated rings. The lowest BCUT2D eigenvalue weighted by molar-refractivity contribution is -0.141. The molecule has 21 heavy (non-hydrogen) atoms. The van der Waals surface area contributed by atoms with Crippen LogP contribution in [0.4, 0.5) is 13.2 Å². The molecule has 0 amide bonds. The zero-order valence-corrected chi connectivity index (χ0v) is 12.2. The number of nitrogens with zero attached hydrogens (tertiary/aromatic N) is 2. The van der Waals surface area contributed by atoms with Crippen LogP contribution in [-0.4, -0.2) is 49.3 Å². The highest BCUT2D eigenvalue weighted by Gasteiger charge is 2.33. The summed E-state index contributed by atoms with van der Waals surface area (Å²) in [6.45, 7) is -0.833. The first-order chi connectivity index (χ1) is 9.59. The minimum Gasteiger partial charge on any atom is -0.481 e. The van der Waals surface area contributed by atoms with Gasteiger partial charge in [0.2, 0.25) is 15.9 Å². The molecule has 0 aliphatic rings. The van der Waals surface area contributed by atoms with Gasteiger partial charge < -0.3 is 9.84 Å². The van der Waals surface area contributed by atoms with Gasteiger partial charge in [0.15, 0.2) is 0 Å². The first-order valence-electron chi connectivity index (χ1n) is 5.76. The van der Waals surface area contributed by atoms with Crippen LogP contribution >= 0.6 is 0 Å². The van der Waals surface area contributed by atoms with E-state index in [4.69, 9.17) is 9.84 Å². The van der Waals surface area contributed by atoms with Crippen molar-refractivity contribution in [3.05, 3.63) is 23.4 Å². The second-order valence-corrected chi connectivity index (χ2v) is 6.17. The Bertz CT molecular complexity index is 590. The number of halogens is 3. The van der Waals surface area contributed by atoms with Gasteiger partial charge in [-0.2, -0.15) is 17.5 Å². The molecule has 1 aromatic heterocycles. The smallest absolute Gasteiger partial charge is 0.433 e. The Kier molecular flexibility index (Phi) is 5.54. The molecule has 1 N–H and O–H groups in total. The van der Waals surface area contributed by atoms with Crippen molar-refractivity contribution in [1.29, 1.82) is 0 Å². The molecule has 1 rings (SSSR count). The van der Waals surface area contributed by atoms with E-state index in [-0.39, 0.29) is 24.5 Å². The molecule has 6 nitrogen and oxygen atoms in total. The maximum Gasteiger partial charge on any atom is 0.433 e. The molecule has 1 heterocycles. The lowest BCUT2D eigenvalue weighted by Crippen LogP contribution is -2.32. The fraction of sp³-hybridized carbons (Fsp3) is 0.545. The van der Waals surface area contributed by atoms with Crippen molar-refractivity contribution < 1.29 is 31.4 Å². The van der Waals surface area contributed by atoms with Gasteiger partial charge in [-0.05, 0) is 6.07 Å². The zero-order chi connectivity index (χ0) is 16.3. The Balaban J connectivity index is 3.13. The van der Waals surface area contributed by atoms with Crippen LogP contribution in [0, 0.1) is 0 Å². The first kappa shape index (κ1) is 17.7. The second kappa shape index (κ2) is 6.58. The standard InChI is InChI=1S/C11H15F3N2O4S/c1-20-10-8(3-4-9(15-10)11(12,13)14)7-16(5-6-17)21(2,18)19/h3-4,17H,5-7H2,1-2H3. The van der Waals surface area contributed by atoms with Crippen molar-refractivity contribution in [3.8, 4) is 5.88 Å². The van der Waals surface area contributed by atoms with Gasteiger partial charge in [0.25, 0.3) is 0 Å². The highest BCUT2D eigenvalue weighted by Crippen LogP contribution is 2.30. The van der Waals surface area contributed by atoms with Crippen molar-refractivity contribution in [2.75, 3.05) is 26.5 Å². The Hall–Kier alpha value is -1.39. The summed E-state index contributed by atoms with van der Waals surface area (Å²) in [5.74, 6) is -0.309. The van der Waals surface area contributed by atoms with Gasteiger partial charge in [-0.25, -0.2) is 13.4 Å². The second-order valence-electron chi connectivity index (χ2n) is 4.18. The lowest BCUT2D eigenvalue weighted by Gasteiger charge is -2.20. The zero-order valence-electron chi connectivity index (χ0n) is 11.4. The molecule has 1 aromatic rings. The molecular formula is C11H15F3N2O4S. The first-order valence-corrected chi connectivity index (χ1v) is 7.61. The number of sulfonamides is 1. The van der Waals surface area contributed by atoms with Crippen molar-refractivity contribution >= 4 is 10.0 Å². The highest BCUT2D eigenvalue weighted by atomic mass is 32.2. The summed E-state index contributed by atoms with van der Waals surface area (Å²) in [4.78, 5) is 3.33. The number of alkyl halides is 3. The largest absolute Gasteiger partial charge is 0.481 e. The molecule has 0 spiro atoms. The van der Waals surface area contributed by atoms with Gasteiger partial charge >= 0.3 is 6.18 Å². The summed E-state index contributed by atoms with van der Waals surface area (Å²) >= 11 is 0. The quantitative estimate of drug-likeness (QED) is 0.838. The fourth-order valence-electron chi connectivity index (χ4n) is 1.59. The number of aliphatic hydroxyl groups is 1. The summed E-state index contributed by atoms with van der Waals surface area (Å²) in [6.07, 6.45) is -3.68. The summed E-state index contributed by atoms with van der Waals surface area (Å²) in [5.41, 5.74) is -0.958. The maximum atomic E-state index is 12.6. The summed E-state index contributed by atoms with van der Waals surface area (Å²) < 4.78 is 66.4. The van der Waals surface area contributed by atoms with E-state index in [1.165, 1.54) is 0 Å². The van der Waals surface area contributed by atoms with Crippen LogP contribution in [0.1, 0.15) is 11.3 Å². The molecule has 0 radical (unpaired) electrons. The van der Waals surface area contributed by atoms with E-state index in [9.17, 15) is 21.6 Å². The Labute approximate surface area is 120 Å². The van der Waals surface area contributed by atoms with E-state index in [1.807, 2.05) is 0 Å². The SMILES string of the molecule is COc1nc(C(F)(F)F)ccc1CN(CCO)S(C)(=O)=O. The lowest BCUT2D eigenvalue weighted by atomic mass is 10.2. The molecular weight excluding hydrogens is 313 g/mol. The highest BCUT2D eigenvalue weighted by molar-refractivity contribution is 7.88. The van der Waals surface area contributed by atoms with Gasteiger partial charge in [0, 0.05) is 18.7 Å². The maximum absolute atomic E-state index is 12.6. The summed E-state index contributed by atoms with van der Waals surface area (Å²) in [7, 11) is -2.48. The summed E-state index contributed by atoms with van der Waals surface area (Å²) in [6, 6.07) is 1.85. The number of ether oxygens (including phenoxy) is 1. The van der Waals surface area contributed by atoms with Crippen LogP contribution in [0.15, 0.2) is 12.1 Å². The van der Waals surface area contributed by atoms with E-state index in [1.54, 1.807) is 0 Å². The monoisotopic (exact) mass is 328 g/mol. The van der Waals surface area contributed by atoms with E-state index < -0.39 is 28.5 Å². The number of hydrogen-bond donors (Lipinski definition) is 1. The molecule has 0 saturated carbocycles. The van der Waals surface area contributed by atoms with Crippen molar-refractivity contribution in [1.82, 2.24) is 9.29 Å². The van der Waals surface area contributed by atoms with Gasteiger partial charge in [0.05, 0.1) is 20.0 Å². The predicted octanol–water partition coefficient (Wildman–Crippen LogP) is 0.863. The molecule has 10 heteroatoms. The van der Waals surface area contributed by atoms with Crippen LogP contribution in [-0.2, 0) is 22.7 Å². The predicted molar refractivity (Wildman–Crippen MR) is 68.1 cm³/mol. The number of aliphatic hydroxyl groups excluding tert-OH is 1. The fourth-order valence-corrected chi connectivity index (χ4v) is 2.37. The minimum absolute atomic E-state index is 0.171. The molecule has 0 aliphatic heterocycles. The normalized spacial score (nSPS) is 12.7. The van der Waals surface area contributed by atoms with Gasteiger partial charge in [-0.15, -0.1) is 0 Å². The molecule has 0 saturated heterocycles. The molecule has 0 atom stereocenters. The van der Waals surface area contributed by atoms with Crippen LogP contribution in [0.25, 0.3) is 0 Å². The van der Waals surface area contributed by atoms with E-state index in [0.29, 0.717) is 0 Å². The van der Waals surface area contributed by atoms with Crippen LogP contribution in [0.5, 0.6) is 5.88 Å². The third kappa shape index (κ3) is 4.83. The van der Waals surface area contributed by atoms with Gasteiger partial charge in [-0.3, -0.25) is 0 Å².